The van der Waals surface area contributed by atoms with E-state index in [1.807, 2.05) is 42.5 Å². The zero-order valence-electron chi connectivity index (χ0n) is 12.4. The molecule has 1 amide bonds. The van der Waals surface area contributed by atoms with Crippen LogP contribution in [0, 0.1) is 0 Å². The Morgan fingerprint density at radius 2 is 2.32 bits per heavy atom. The molecule has 1 aliphatic rings. The number of fused-ring (bicyclic) bond motifs is 1. The Morgan fingerprint density at radius 1 is 1.41 bits per heavy atom. The molecule has 22 heavy (non-hydrogen) atoms. The van der Waals surface area contributed by atoms with E-state index in [4.69, 9.17) is 0 Å². The minimum Gasteiger partial charge on any atom is -0.345 e. The first-order valence-electron chi connectivity index (χ1n) is 7.45. The maximum Gasteiger partial charge on any atom is 0.254 e. The van der Waals surface area contributed by atoms with E-state index in [1.54, 1.807) is 11.0 Å². The fourth-order valence-corrected chi connectivity index (χ4v) is 3.20. The Balaban J connectivity index is 1.65. The van der Waals surface area contributed by atoms with Crippen LogP contribution in [0.2, 0.25) is 0 Å². The summed E-state index contributed by atoms with van der Waals surface area (Å²) in [6.07, 6.45) is 7.51. The van der Waals surface area contributed by atoms with E-state index in [0.29, 0.717) is 5.56 Å². The van der Waals surface area contributed by atoms with Crippen molar-refractivity contribution in [1.82, 2.24) is 24.6 Å². The zero-order valence-corrected chi connectivity index (χ0v) is 12.4. The molecular formula is C16H17N5O. The van der Waals surface area contributed by atoms with Crippen molar-refractivity contribution in [2.45, 2.75) is 18.9 Å². The molecule has 112 valence electrons. The van der Waals surface area contributed by atoms with Gasteiger partial charge in [0.25, 0.3) is 5.91 Å². The fraction of sp³-hybridized carbons (Fsp3) is 0.312. The number of aryl methyl sites for hydroxylation is 1. The maximum absolute atomic E-state index is 12.9. The van der Waals surface area contributed by atoms with Crippen LogP contribution in [-0.2, 0) is 7.05 Å². The van der Waals surface area contributed by atoms with Crippen LogP contribution in [-0.4, -0.2) is 37.1 Å². The summed E-state index contributed by atoms with van der Waals surface area (Å²) in [5.74, 6) is 0.0721. The molecule has 0 saturated carbocycles. The van der Waals surface area contributed by atoms with Gasteiger partial charge >= 0.3 is 0 Å². The van der Waals surface area contributed by atoms with Gasteiger partial charge in [-0.25, -0.2) is 4.98 Å². The van der Waals surface area contributed by atoms with Gasteiger partial charge in [0.1, 0.15) is 0 Å². The monoisotopic (exact) mass is 295 g/mol. The molecule has 3 aromatic rings. The average molecular weight is 295 g/mol. The molecule has 0 aliphatic carbocycles. The largest absolute Gasteiger partial charge is 0.345 e. The first kappa shape index (κ1) is 13.1. The third-order valence-electron chi connectivity index (χ3n) is 4.29. The van der Waals surface area contributed by atoms with Crippen LogP contribution in [0.4, 0.5) is 0 Å². The van der Waals surface area contributed by atoms with Gasteiger partial charge in [0, 0.05) is 30.9 Å². The van der Waals surface area contributed by atoms with Gasteiger partial charge in [0.15, 0.2) is 0 Å². The molecule has 1 saturated heterocycles. The normalized spacial score (nSPS) is 18.2. The SMILES string of the molecule is Cn1cc([C@H]2CCCN2C(=O)c2ccc3nc[nH]c3c2)cn1. The van der Waals surface area contributed by atoms with Crippen LogP contribution >= 0.6 is 0 Å². The van der Waals surface area contributed by atoms with Crippen molar-refractivity contribution in [2.24, 2.45) is 7.05 Å². The van der Waals surface area contributed by atoms with Crippen molar-refractivity contribution in [2.75, 3.05) is 6.54 Å². The number of aromatic amines is 1. The second kappa shape index (κ2) is 4.98. The highest BCUT2D eigenvalue weighted by atomic mass is 16.2. The highest BCUT2D eigenvalue weighted by Gasteiger charge is 2.31. The Hall–Kier alpha value is -2.63. The summed E-state index contributed by atoms with van der Waals surface area (Å²) in [6, 6.07) is 5.74. The summed E-state index contributed by atoms with van der Waals surface area (Å²) >= 11 is 0. The van der Waals surface area contributed by atoms with Crippen LogP contribution in [0.1, 0.15) is 34.8 Å². The Kier molecular flexibility index (Phi) is 2.96. The van der Waals surface area contributed by atoms with Crippen LogP contribution in [0.25, 0.3) is 11.0 Å². The minimum atomic E-state index is 0.0721. The molecule has 1 atom stereocenters. The zero-order chi connectivity index (χ0) is 15.1. The molecule has 1 N–H and O–H groups in total. The lowest BCUT2D eigenvalue weighted by Gasteiger charge is -2.24. The van der Waals surface area contributed by atoms with Gasteiger partial charge in [-0.2, -0.15) is 5.10 Å². The highest BCUT2D eigenvalue weighted by molar-refractivity contribution is 5.97. The number of H-pyrrole nitrogens is 1. The van der Waals surface area contributed by atoms with Gasteiger partial charge in [-0.15, -0.1) is 0 Å². The topological polar surface area (TPSA) is 66.8 Å². The van der Waals surface area contributed by atoms with Gasteiger partial charge in [-0.3, -0.25) is 9.48 Å². The number of carbonyl (C=O) groups excluding carboxylic acids is 1. The predicted octanol–water partition coefficient (Wildman–Crippen LogP) is 2.27. The third kappa shape index (κ3) is 2.07. The average Bonchev–Trinajstić information content (AvgIpc) is 3.25. The van der Waals surface area contributed by atoms with Crippen LogP contribution in [0.5, 0.6) is 0 Å². The number of likely N-dealkylation sites (tertiary alicyclic amines) is 1. The van der Waals surface area contributed by atoms with Crippen molar-refractivity contribution in [3.8, 4) is 0 Å². The summed E-state index contributed by atoms with van der Waals surface area (Å²) in [4.78, 5) is 22.1. The van der Waals surface area contributed by atoms with Gasteiger partial charge in [0.05, 0.1) is 29.6 Å². The predicted molar refractivity (Wildman–Crippen MR) is 82.3 cm³/mol. The van der Waals surface area contributed by atoms with Gasteiger partial charge < -0.3 is 9.88 Å². The molecule has 2 aromatic heterocycles. The molecule has 4 rings (SSSR count). The van der Waals surface area contributed by atoms with E-state index < -0.39 is 0 Å². The lowest BCUT2D eigenvalue weighted by molar-refractivity contribution is 0.0736. The highest BCUT2D eigenvalue weighted by Crippen LogP contribution is 2.33. The second-order valence-electron chi connectivity index (χ2n) is 5.74. The maximum atomic E-state index is 12.9. The molecule has 6 heteroatoms. The number of hydrogen-bond donors (Lipinski definition) is 1. The summed E-state index contributed by atoms with van der Waals surface area (Å²) in [7, 11) is 1.90. The minimum absolute atomic E-state index is 0.0721. The second-order valence-corrected chi connectivity index (χ2v) is 5.74. The molecule has 1 aliphatic heterocycles. The summed E-state index contributed by atoms with van der Waals surface area (Å²) in [5.41, 5.74) is 3.58. The smallest absolute Gasteiger partial charge is 0.254 e. The number of hydrogen-bond acceptors (Lipinski definition) is 3. The van der Waals surface area contributed by atoms with E-state index in [-0.39, 0.29) is 11.9 Å². The summed E-state index contributed by atoms with van der Waals surface area (Å²) in [5, 5.41) is 4.23. The number of rotatable bonds is 2. The number of benzene rings is 1. The first-order chi connectivity index (χ1) is 10.7. The molecule has 0 unspecified atom stereocenters. The molecule has 0 spiro atoms. The van der Waals surface area contributed by atoms with E-state index >= 15 is 0 Å². The molecular weight excluding hydrogens is 278 g/mol. The lowest BCUT2D eigenvalue weighted by atomic mass is 10.1. The van der Waals surface area contributed by atoms with Gasteiger partial charge in [-0.1, -0.05) is 0 Å². The van der Waals surface area contributed by atoms with E-state index in [0.717, 1.165) is 36.0 Å². The Bertz CT molecular complexity index is 834. The molecule has 0 radical (unpaired) electrons. The molecule has 1 aromatic carbocycles. The van der Waals surface area contributed by atoms with Crippen LogP contribution < -0.4 is 0 Å². The fourth-order valence-electron chi connectivity index (χ4n) is 3.20. The number of imidazole rings is 1. The first-order valence-corrected chi connectivity index (χ1v) is 7.45. The van der Waals surface area contributed by atoms with E-state index in [2.05, 4.69) is 15.1 Å². The third-order valence-corrected chi connectivity index (χ3v) is 4.29. The number of nitrogens with one attached hydrogen (secondary N) is 1. The van der Waals surface area contributed by atoms with E-state index in [1.165, 1.54) is 0 Å². The van der Waals surface area contributed by atoms with Gasteiger partial charge in [0.2, 0.25) is 0 Å². The number of nitrogens with zero attached hydrogens (tertiary/aromatic N) is 4. The Labute approximate surface area is 127 Å². The van der Waals surface area contributed by atoms with Crippen LogP contribution in [0.3, 0.4) is 0 Å². The van der Waals surface area contributed by atoms with Gasteiger partial charge in [-0.05, 0) is 31.0 Å². The molecule has 6 nitrogen and oxygen atoms in total. The van der Waals surface area contributed by atoms with Crippen molar-refractivity contribution in [3.05, 3.63) is 48.0 Å². The van der Waals surface area contributed by atoms with Crippen molar-refractivity contribution < 1.29 is 4.79 Å². The van der Waals surface area contributed by atoms with Crippen molar-refractivity contribution >= 4 is 16.9 Å². The van der Waals surface area contributed by atoms with Crippen molar-refractivity contribution in [3.63, 3.8) is 0 Å². The molecule has 0 bridgehead atoms. The van der Waals surface area contributed by atoms with Crippen molar-refractivity contribution in [1.29, 1.82) is 0 Å². The quantitative estimate of drug-likeness (QED) is 0.788. The van der Waals surface area contributed by atoms with E-state index in [9.17, 15) is 4.79 Å². The lowest BCUT2D eigenvalue weighted by Crippen LogP contribution is -2.30. The summed E-state index contributed by atoms with van der Waals surface area (Å²) < 4.78 is 1.78. The molecule has 1 fully saturated rings. The standard InChI is InChI=1S/C16H17N5O/c1-20-9-12(8-19-20)15-3-2-6-21(15)16(22)11-4-5-13-14(7-11)18-10-17-13/h4-5,7-10,15H,2-3,6H2,1H3,(H,17,18)/t15-/m1/s1. The number of carbonyl (C=O) groups is 1. The summed E-state index contributed by atoms with van der Waals surface area (Å²) in [6.45, 7) is 0.791. The number of amides is 1. The molecule has 3 heterocycles. The Morgan fingerprint density at radius 3 is 3.14 bits per heavy atom. The number of aromatic nitrogens is 4. The van der Waals surface area contributed by atoms with Crippen LogP contribution in [0.15, 0.2) is 36.9 Å².